The second-order valence-corrected chi connectivity index (χ2v) is 7.91. The summed E-state index contributed by atoms with van der Waals surface area (Å²) in [7, 11) is 3.68. The fraction of sp³-hybridized carbons (Fsp3) is 0.400. The summed E-state index contributed by atoms with van der Waals surface area (Å²) >= 11 is 6.28. The number of carbonyl (C=O) groups excluding carboxylic acids is 1. The number of morpholine rings is 1. The summed E-state index contributed by atoms with van der Waals surface area (Å²) in [5.41, 5.74) is 0.620. The largest absolute Gasteiger partial charge is 0.369 e. The van der Waals surface area contributed by atoms with Crippen LogP contribution in [0, 0.1) is 5.82 Å². The van der Waals surface area contributed by atoms with Crippen LogP contribution < -0.4 is 4.90 Å². The van der Waals surface area contributed by atoms with Gasteiger partial charge in [0, 0.05) is 20.3 Å². The molecule has 1 saturated heterocycles. The third-order valence-corrected chi connectivity index (χ3v) is 4.95. The normalized spacial score (nSPS) is 19.0. The Morgan fingerprint density at radius 3 is 2.74 bits per heavy atom. The van der Waals surface area contributed by atoms with Crippen LogP contribution >= 0.6 is 11.6 Å². The maximum atomic E-state index is 13.6. The van der Waals surface area contributed by atoms with Crippen LogP contribution in [0.25, 0.3) is 0 Å². The first-order valence-corrected chi connectivity index (χ1v) is 9.09. The highest BCUT2D eigenvalue weighted by atomic mass is 35.5. The number of ether oxygens (including phenoxy) is 1. The van der Waals surface area contributed by atoms with E-state index in [4.69, 9.17) is 16.3 Å². The monoisotopic (exact) mass is 391 g/mol. The summed E-state index contributed by atoms with van der Waals surface area (Å²) in [6.07, 6.45) is 1.15. The Hall–Kier alpha value is -2.18. The summed E-state index contributed by atoms with van der Waals surface area (Å²) in [5, 5.41) is 0.415. The van der Waals surface area contributed by atoms with Crippen LogP contribution in [-0.4, -0.2) is 48.6 Å². The standard InChI is InChI=1S/C20H23ClFN3O2/c1-20(2)12-27-17(13-6-5-7-15(22)8-13)11-25(20)19(26)14-9-16(21)18(23-10-14)24(3)4/h5-10,17H,11-12H2,1-4H3. The molecule has 144 valence electrons. The van der Waals surface area contributed by atoms with Crippen LogP contribution in [0.1, 0.15) is 35.9 Å². The topological polar surface area (TPSA) is 45.7 Å². The molecule has 7 heteroatoms. The number of rotatable bonds is 3. The van der Waals surface area contributed by atoms with Crippen molar-refractivity contribution in [2.45, 2.75) is 25.5 Å². The number of hydrogen-bond donors (Lipinski definition) is 0. The minimum atomic E-state index is -0.506. The summed E-state index contributed by atoms with van der Waals surface area (Å²) in [4.78, 5) is 21.0. The van der Waals surface area contributed by atoms with Crippen LogP contribution in [0.3, 0.4) is 0 Å². The van der Waals surface area contributed by atoms with Gasteiger partial charge in [-0.15, -0.1) is 0 Å². The van der Waals surface area contributed by atoms with E-state index in [1.54, 1.807) is 28.0 Å². The van der Waals surface area contributed by atoms with Crippen molar-refractivity contribution in [2.75, 3.05) is 32.1 Å². The first kappa shape index (κ1) is 19.6. The number of benzene rings is 1. The zero-order chi connectivity index (χ0) is 19.8. The molecule has 1 fully saturated rings. The van der Waals surface area contributed by atoms with Crippen LogP contribution in [0.2, 0.25) is 5.02 Å². The molecule has 1 atom stereocenters. The zero-order valence-corrected chi connectivity index (χ0v) is 16.6. The molecule has 27 heavy (non-hydrogen) atoms. The molecule has 1 aliphatic rings. The fourth-order valence-electron chi connectivity index (χ4n) is 3.15. The Bertz CT molecular complexity index is 857. The Kier molecular flexibility index (Phi) is 5.40. The lowest BCUT2D eigenvalue weighted by molar-refractivity contribution is -0.0847. The lowest BCUT2D eigenvalue weighted by Gasteiger charge is -2.45. The van der Waals surface area contributed by atoms with Gasteiger partial charge in [-0.3, -0.25) is 4.79 Å². The van der Waals surface area contributed by atoms with Crippen LogP contribution in [0.4, 0.5) is 10.2 Å². The molecule has 0 saturated carbocycles. The molecule has 1 aliphatic heterocycles. The highest BCUT2D eigenvalue weighted by Gasteiger charge is 2.39. The van der Waals surface area contributed by atoms with E-state index in [0.717, 1.165) is 0 Å². The Balaban J connectivity index is 1.88. The quantitative estimate of drug-likeness (QED) is 0.795. The molecule has 0 bridgehead atoms. The minimum absolute atomic E-state index is 0.176. The molecular formula is C20H23ClFN3O2. The van der Waals surface area contributed by atoms with Crippen molar-refractivity contribution >= 4 is 23.3 Å². The zero-order valence-electron chi connectivity index (χ0n) is 15.9. The predicted octanol–water partition coefficient (Wildman–Crippen LogP) is 3.93. The number of anilines is 1. The van der Waals surface area contributed by atoms with Gasteiger partial charge in [0.25, 0.3) is 5.91 Å². The van der Waals surface area contributed by atoms with Crippen molar-refractivity contribution in [3.8, 4) is 0 Å². The molecule has 2 aromatic rings. The number of amides is 1. The van der Waals surface area contributed by atoms with Gasteiger partial charge in [-0.2, -0.15) is 0 Å². The predicted molar refractivity (Wildman–Crippen MR) is 104 cm³/mol. The van der Waals surface area contributed by atoms with E-state index in [1.807, 2.05) is 27.9 Å². The van der Waals surface area contributed by atoms with Gasteiger partial charge in [0.05, 0.1) is 29.3 Å². The number of nitrogens with zero attached hydrogens (tertiary/aromatic N) is 3. The van der Waals surface area contributed by atoms with Gasteiger partial charge in [-0.25, -0.2) is 9.37 Å². The van der Waals surface area contributed by atoms with Crippen LogP contribution in [0.15, 0.2) is 36.5 Å². The van der Waals surface area contributed by atoms with E-state index in [9.17, 15) is 9.18 Å². The molecule has 0 radical (unpaired) electrons. The lowest BCUT2D eigenvalue weighted by Crippen LogP contribution is -2.56. The molecule has 3 rings (SSSR count). The third kappa shape index (κ3) is 4.06. The molecule has 1 unspecified atom stereocenters. The van der Waals surface area contributed by atoms with Crippen molar-refractivity contribution < 1.29 is 13.9 Å². The van der Waals surface area contributed by atoms with Gasteiger partial charge < -0.3 is 14.5 Å². The number of halogens is 2. The van der Waals surface area contributed by atoms with Gasteiger partial charge in [0.1, 0.15) is 17.7 Å². The van der Waals surface area contributed by atoms with Gasteiger partial charge in [-0.05, 0) is 37.6 Å². The van der Waals surface area contributed by atoms with Crippen molar-refractivity contribution in [3.05, 3.63) is 58.5 Å². The van der Waals surface area contributed by atoms with Crippen molar-refractivity contribution in [3.63, 3.8) is 0 Å². The highest BCUT2D eigenvalue weighted by Crippen LogP contribution is 2.32. The van der Waals surface area contributed by atoms with Crippen LogP contribution in [-0.2, 0) is 4.74 Å². The molecule has 1 aromatic carbocycles. The van der Waals surface area contributed by atoms with Crippen molar-refractivity contribution in [2.24, 2.45) is 0 Å². The van der Waals surface area contributed by atoms with Crippen molar-refractivity contribution in [1.29, 1.82) is 0 Å². The summed E-state index contributed by atoms with van der Waals surface area (Å²) < 4.78 is 19.5. The lowest BCUT2D eigenvalue weighted by atomic mass is 9.97. The number of aromatic nitrogens is 1. The number of carbonyl (C=O) groups is 1. The highest BCUT2D eigenvalue weighted by molar-refractivity contribution is 6.33. The van der Waals surface area contributed by atoms with Gasteiger partial charge in [0.2, 0.25) is 0 Å². The van der Waals surface area contributed by atoms with E-state index < -0.39 is 5.54 Å². The Morgan fingerprint density at radius 2 is 2.11 bits per heavy atom. The maximum absolute atomic E-state index is 13.6. The summed E-state index contributed by atoms with van der Waals surface area (Å²) in [6.45, 7) is 4.55. The van der Waals surface area contributed by atoms with Gasteiger partial charge >= 0.3 is 0 Å². The average molecular weight is 392 g/mol. The molecule has 5 nitrogen and oxygen atoms in total. The van der Waals surface area contributed by atoms with E-state index in [-0.39, 0.29) is 17.8 Å². The first-order chi connectivity index (χ1) is 12.7. The number of pyridine rings is 1. The third-order valence-electron chi connectivity index (χ3n) is 4.67. The summed E-state index contributed by atoms with van der Waals surface area (Å²) in [6, 6.07) is 7.91. The maximum Gasteiger partial charge on any atom is 0.256 e. The molecular weight excluding hydrogens is 369 g/mol. The van der Waals surface area contributed by atoms with Crippen molar-refractivity contribution in [1.82, 2.24) is 9.88 Å². The average Bonchev–Trinajstić information content (AvgIpc) is 2.60. The molecule has 2 heterocycles. The Morgan fingerprint density at radius 1 is 1.37 bits per heavy atom. The number of hydrogen-bond acceptors (Lipinski definition) is 4. The van der Waals surface area contributed by atoms with E-state index in [2.05, 4.69) is 4.98 Å². The van der Waals surface area contributed by atoms with E-state index >= 15 is 0 Å². The first-order valence-electron chi connectivity index (χ1n) is 8.71. The van der Waals surface area contributed by atoms with Gasteiger partial charge in [0.15, 0.2) is 0 Å². The molecule has 0 N–H and O–H groups in total. The molecule has 1 aromatic heterocycles. The smallest absolute Gasteiger partial charge is 0.256 e. The minimum Gasteiger partial charge on any atom is -0.369 e. The fourth-order valence-corrected chi connectivity index (χ4v) is 3.48. The summed E-state index contributed by atoms with van der Waals surface area (Å²) in [5.74, 6) is 0.102. The Labute approximate surface area is 163 Å². The second kappa shape index (κ2) is 7.44. The van der Waals surface area contributed by atoms with Gasteiger partial charge in [-0.1, -0.05) is 23.7 Å². The van der Waals surface area contributed by atoms with E-state index in [0.29, 0.717) is 35.1 Å². The second-order valence-electron chi connectivity index (χ2n) is 7.51. The molecule has 0 aliphatic carbocycles. The van der Waals surface area contributed by atoms with Crippen LogP contribution in [0.5, 0.6) is 0 Å². The molecule has 1 amide bonds. The van der Waals surface area contributed by atoms with E-state index in [1.165, 1.54) is 18.3 Å². The SMILES string of the molecule is CN(C)c1ncc(C(=O)N2CC(c3cccc(F)c3)OCC2(C)C)cc1Cl. The molecule has 0 spiro atoms.